The smallest absolute Gasteiger partial charge is 0.0449 e. The van der Waals surface area contributed by atoms with E-state index >= 15 is 0 Å². The van der Waals surface area contributed by atoms with Gasteiger partial charge in [0.05, 0.1) is 0 Å². The minimum atomic E-state index is 0.354. The van der Waals surface area contributed by atoms with Crippen LogP contribution in [0.15, 0.2) is 51.4 Å². The lowest BCUT2D eigenvalue weighted by Crippen LogP contribution is -2.30. The SMILES string of the molecule is CNC(Cc1ccc(Br)cc1Cl)Cc1ccccc1Br. The van der Waals surface area contributed by atoms with E-state index in [1.165, 1.54) is 11.1 Å². The molecular weight excluding hydrogens is 401 g/mol. The molecule has 0 aliphatic carbocycles. The Morgan fingerprint density at radius 2 is 1.75 bits per heavy atom. The van der Waals surface area contributed by atoms with Gasteiger partial charge in [-0.1, -0.05) is 67.7 Å². The van der Waals surface area contributed by atoms with Crippen molar-refractivity contribution < 1.29 is 0 Å². The first-order valence-corrected chi connectivity index (χ1v) is 8.41. The van der Waals surface area contributed by atoms with Crippen molar-refractivity contribution in [2.24, 2.45) is 0 Å². The predicted molar refractivity (Wildman–Crippen MR) is 93.5 cm³/mol. The number of benzene rings is 2. The van der Waals surface area contributed by atoms with Crippen LogP contribution in [0.3, 0.4) is 0 Å². The van der Waals surface area contributed by atoms with E-state index in [0.717, 1.165) is 26.8 Å². The lowest BCUT2D eigenvalue weighted by atomic mass is 9.99. The van der Waals surface area contributed by atoms with E-state index in [4.69, 9.17) is 11.6 Å². The Hall–Kier alpha value is -0.350. The fourth-order valence-corrected chi connectivity index (χ4v) is 3.36. The molecule has 0 bridgehead atoms. The van der Waals surface area contributed by atoms with E-state index in [1.807, 2.05) is 25.2 Å². The van der Waals surface area contributed by atoms with Gasteiger partial charge < -0.3 is 5.32 Å². The number of rotatable bonds is 5. The van der Waals surface area contributed by atoms with Gasteiger partial charge in [0, 0.05) is 20.0 Å². The normalized spacial score (nSPS) is 12.4. The number of hydrogen-bond donors (Lipinski definition) is 1. The van der Waals surface area contributed by atoms with E-state index in [1.54, 1.807) is 0 Å². The molecule has 0 fully saturated rings. The molecule has 2 aromatic rings. The summed E-state index contributed by atoms with van der Waals surface area (Å²) in [5.41, 5.74) is 2.47. The molecule has 0 aromatic heterocycles. The zero-order valence-corrected chi connectivity index (χ0v) is 15.1. The number of halogens is 3. The molecule has 1 N–H and O–H groups in total. The molecule has 1 atom stereocenters. The maximum Gasteiger partial charge on any atom is 0.0449 e. The maximum absolute atomic E-state index is 6.30. The molecule has 0 heterocycles. The third-order valence-corrected chi connectivity index (χ3v) is 4.93. The number of hydrogen-bond acceptors (Lipinski definition) is 1. The van der Waals surface area contributed by atoms with Crippen LogP contribution in [0.25, 0.3) is 0 Å². The Labute approximate surface area is 142 Å². The van der Waals surface area contributed by atoms with Crippen LogP contribution in [0.2, 0.25) is 5.02 Å². The molecule has 4 heteroatoms. The maximum atomic E-state index is 6.30. The highest BCUT2D eigenvalue weighted by Gasteiger charge is 2.12. The first kappa shape index (κ1) is 16.0. The summed E-state index contributed by atoms with van der Waals surface area (Å²) in [6, 6.07) is 14.7. The highest BCUT2D eigenvalue weighted by molar-refractivity contribution is 9.10. The van der Waals surface area contributed by atoms with Gasteiger partial charge in [0.25, 0.3) is 0 Å². The van der Waals surface area contributed by atoms with Gasteiger partial charge in [0.2, 0.25) is 0 Å². The van der Waals surface area contributed by atoms with E-state index in [9.17, 15) is 0 Å². The van der Waals surface area contributed by atoms with Crippen LogP contribution in [0, 0.1) is 0 Å². The van der Waals surface area contributed by atoms with Gasteiger partial charge in [-0.15, -0.1) is 0 Å². The van der Waals surface area contributed by atoms with Crippen LogP contribution in [0.5, 0.6) is 0 Å². The van der Waals surface area contributed by atoms with Crippen molar-refractivity contribution in [3.8, 4) is 0 Å². The number of likely N-dealkylation sites (N-methyl/N-ethyl adjacent to an activating group) is 1. The molecule has 0 saturated carbocycles. The van der Waals surface area contributed by atoms with Gasteiger partial charge >= 0.3 is 0 Å². The second-order valence-corrected chi connectivity index (χ2v) is 6.90. The minimum Gasteiger partial charge on any atom is -0.316 e. The molecular formula is C16H16Br2ClN. The second kappa shape index (κ2) is 7.60. The number of nitrogens with one attached hydrogen (secondary N) is 1. The molecule has 0 radical (unpaired) electrons. The topological polar surface area (TPSA) is 12.0 Å². The van der Waals surface area contributed by atoms with E-state index in [2.05, 4.69) is 61.4 Å². The molecule has 2 rings (SSSR count). The van der Waals surface area contributed by atoms with E-state index in [0.29, 0.717) is 6.04 Å². The average molecular weight is 418 g/mol. The Bertz CT molecular complexity index is 586. The fraction of sp³-hybridized carbons (Fsp3) is 0.250. The largest absolute Gasteiger partial charge is 0.316 e. The lowest BCUT2D eigenvalue weighted by molar-refractivity contribution is 0.555. The van der Waals surface area contributed by atoms with Crippen LogP contribution in [0.4, 0.5) is 0 Å². The Morgan fingerprint density at radius 3 is 2.40 bits per heavy atom. The van der Waals surface area contributed by atoms with E-state index in [-0.39, 0.29) is 0 Å². The van der Waals surface area contributed by atoms with Gasteiger partial charge in [0.1, 0.15) is 0 Å². The quantitative estimate of drug-likeness (QED) is 0.702. The third-order valence-electron chi connectivity index (χ3n) is 3.31. The van der Waals surface area contributed by atoms with Crippen LogP contribution in [-0.2, 0) is 12.8 Å². The summed E-state index contributed by atoms with van der Waals surface area (Å²) in [7, 11) is 1.99. The zero-order chi connectivity index (χ0) is 14.5. The molecule has 1 unspecified atom stereocenters. The third kappa shape index (κ3) is 4.32. The molecule has 0 saturated heterocycles. The van der Waals surface area contributed by atoms with Crippen molar-refractivity contribution in [3.05, 3.63) is 67.6 Å². The first-order chi connectivity index (χ1) is 9.60. The van der Waals surface area contributed by atoms with Crippen molar-refractivity contribution in [2.75, 3.05) is 7.05 Å². The molecule has 1 nitrogen and oxygen atoms in total. The van der Waals surface area contributed by atoms with Gasteiger partial charge in [-0.2, -0.15) is 0 Å². The van der Waals surface area contributed by atoms with Crippen molar-refractivity contribution in [2.45, 2.75) is 18.9 Å². The summed E-state index contributed by atoms with van der Waals surface area (Å²) in [6.45, 7) is 0. The summed E-state index contributed by atoms with van der Waals surface area (Å²) in [6.07, 6.45) is 1.87. The summed E-state index contributed by atoms with van der Waals surface area (Å²) in [4.78, 5) is 0. The Balaban J connectivity index is 2.11. The standard InChI is InChI=1S/C16H16Br2ClN/c1-20-14(8-11-4-2-3-5-15(11)18)9-12-6-7-13(17)10-16(12)19/h2-7,10,14,20H,8-9H2,1H3. The fourth-order valence-electron chi connectivity index (χ4n) is 2.16. The molecule has 0 aliphatic rings. The highest BCUT2D eigenvalue weighted by atomic mass is 79.9. The van der Waals surface area contributed by atoms with Crippen LogP contribution in [-0.4, -0.2) is 13.1 Å². The van der Waals surface area contributed by atoms with Crippen LogP contribution in [0.1, 0.15) is 11.1 Å². The van der Waals surface area contributed by atoms with Crippen LogP contribution < -0.4 is 5.32 Å². The lowest BCUT2D eigenvalue weighted by Gasteiger charge is -2.18. The minimum absolute atomic E-state index is 0.354. The van der Waals surface area contributed by atoms with E-state index < -0.39 is 0 Å². The van der Waals surface area contributed by atoms with Gasteiger partial charge in [-0.3, -0.25) is 0 Å². The zero-order valence-electron chi connectivity index (χ0n) is 11.2. The molecule has 0 aliphatic heterocycles. The molecule has 20 heavy (non-hydrogen) atoms. The van der Waals surface area contributed by atoms with Crippen LogP contribution >= 0.6 is 43.5 Å². The average Bonchev–Trinajstić information content (AvgIpc) is 2.43. The van der Waals surface area contributed by atoms with Gasteiger partial charge in [-0.05, 0) is 49.2 Å². The summed E-state index contributed by atoms with van der Waals surface area (Å²) < 4.78 is 2.17. The van der Waals surface area contributed by atoms with Crippen molar-refractivity contribution in [1.29, 1.82) is 0 Å². The molecule has 0 amide bonds. The highest BCUT2D eigenvalue weighted by Crippen LogP contribution is 2.24. The Morgan fingerprint density at radius 1 is 1.05 bits per heavy atom. The monoisotopic (exact) mass is 415 g/mol. The van der Waals surface area contributed by atoms with Gasteiger partial charge in [-0.25, -0.2) is 0 Å². The summed E-state index contributed by atoms with van der Waals surface area (Å²) in [5, 5.41) is 4.19. The molecule has 2 aromatic carbocycles. The summed E-state index contributed by atoms with van der Waals surface area (Å²) in [5.74, 6) is 0. The Kier molecular flexibility index (Phi) is 6.09. The molecule has 0 spiro atoms. The van der Waals surface area contributed by atoms with Gasteiger partial charge in [0.15, 0.2) is 0 Å². The molecule has 106 valence electrons. The van der Waals surface area contributed by atoms with Crippen molar-refractivity contribution >= 4 is 43.5 Å². The first-order valence-electron chi connectivity index (χ1n) is 6.44. The van der Waals surface area contributed by atoms with Crippen molar-refractivity contribution in [1.82, 2.24) is 5.32 Å². The van der Waals surface area contributed by atoms with Crippen molar-refractivity contribution in [3.63, 3.8) is 0 Å². The predicted octanol–water partition coefficient (Wildman–Crippen LogP) is 5.24. The summed E-state index contributed by atoms with van der Waals surface area (Å²) >= 11 is 13.3. The second-order valence-electron chi connectivity index (χ2n) is 4.72.